The second kappa shape index (κ2) is 7.43. The summed E-state index contributed by atoms with van der Waals surface area (Å²) < 4.78 is 19.4. The van der Waals surface area contributed by atoms with Crippen LogP contribution in [0.4, 0.5) is 4.39 Å². The van der Waals surface area contributed by atoms with Crippen molar-refractivity contribution in [2.75, 3.05) is 6.61 Å². The molecule has 0 aliphatic rings. The zero-order valence-corrected chi connectivity index (χ0v) is 12.6. The van der Waals surface area contributed by atoms with Gasteiger partial charge in [0.15, 0.2) is 0 Å². The average molecular weight is 309 g/mol. The molecular formula is C17H18ClFO2. The van der Waals surface area contributed by atoms with Crippen LogP contribution in [0.5, 0.6) is 5.75 Å². The molecule has 21 heavy (non-hydrogen) atoms. The summed E-state index contributed by atoms with van der Waals surface area (Å²) in [5, 5.41) is 10.6. The fourth-order valence-electron chi connectivity index (χ4n) is 1.98. The number of hydrogen-bond acceptors (Lipinski definition) is 2. The summed E-state index contributed by atoms with van der Waals surface area (Å²) in [5.74, 6) is 0.231. The molecule has 0 aromatic heterocycles. The number of halogens is 2. The molecule has 2 aromatic carbocycles. The minimum Gasteiger partial charge on any atom is -0.494 e. The fourth-order valence-corrected chi connectivity index (χ4v) is 2.14. The summed E-state index contributed by atoms with van der Waals surface area (Å²) in [7, 11) is 0. The monoisotopic (exact) mass is 308 g/mol. The molecule has 0 heterocycles. The minimum absolute atomic E-state index is 0.207. The van der Waals surface area contributed by atoms with Crippen molar-refractivity contribution in [2.24, 2.45) is 0 Å². The van der Waals surface area contributed by atoms with Gasteiger partial charge in [0.25, 0.3) is 0 Å². The second-order valence-electron chi connectivity index (χ2n) is 4.84. The highest BCUT2D eigenvalue weighted by atomic mass is 35.5. The van der Waals surface area contributed by atoms with E-state index < -0.39 is 11.9 Å². The quantitative estimate of drug-likeness (QED) is 0.781. The van der Waals surface area contributed by atoms with Gasteiger partial charge in [0.1, 0.15) is 17.7 Å². The van der Waals surface area contributed by atoms with Crippen LogP contribution in [0.2, 0.25) is 5.02 Å². The molecule has 0 fully saturated rings. The van der Waals surface area contributed by atoms with Gasteiger partial charge in [-0.2, -0.15) is 0 Å². The molecule has 1 atom stereocenters. The molecule has 0 saturated carbocycles. The first-order valence-corrected chi connectivity index (χ1v) is 7.35. The van der Waals surface area contributed by atoms with Gasteiger partial charge >= 0.3 is 0 Å². The largest absolute Gasteiger partial charge is 0.494 e. The number of ether oxygens (including phenoxy) is 1. The third-order valence-corrected chi connectivity index (χ3v) is 3.45. The van der Waals surface area contributed by atoms with Crippen LogP contribution in [0.25, 0.3) is 0 Å². The molecule has 0 aliphatic heterocycles. The van der Waals surface area contributed by atoms with Gasteiger partial charge < -0.3 is 9.84 Å². The first kappa shape index (κ1) is 15.8. The maximum Gasteiger partial charge on any atom is 0.130 e. The lowest BCUT2D eigenvalue weighted by Crippen LogP contribution is -2.03. The molecule has 0 spiro atoms. The SMILES string of the molecule is CCCCOc1ccc(C(O)c2ccc(Cl)cc2F)cc1. The standard InChI is InChI=1S/C17H18ClFO2/c1-2-3-10-21-14-7-4-12(5-8-14)17(20)15-9-6-13(18)11-16(15)19/h4-9,11,17,20H,2-3,10H2,1H3. The zero-order valence-electron chi connectivity index (χ0n) is 11.9. The number of aliphatic hydroxyl groups excluding tert-OH is 1. The van der Waals surface area contributed by atoms with Crippen LogP contribution >= 0.6 is 11.6 Å². The van der Waals surface area contributed by atoms with Crippen molar-refractivity contribution < 1.29 is 14.2 Å². The Morgan fingerprint density at radius 1 is 1.19 bits per heavy atom. The van der Waals surface area contributed by atoms with Gasteiger partial charge in [-0.1, -0.05) is 43.1 Å². The summed E-state index contributed by atoms with van der Waals surface area (Å²) in [4.78, 5) is 0. The number of unbranched alkanes of at least 4 members (excludes halogenated alkanes) is 1. The first-order chi connectivity index (χ1) is 10.1. The van der Waals surface area contributed by atoms with E-state index in [2.05, 4.69) is 6.92 Å². The molecule has 0 saturated heterocycles. The van der Waals surface area contributed by atoms with E-state index in [0.717, 1.165) is 18.6 Å². The van der Waals surface area contributed by atoms with Crippen LogP contribution in [0.15, 0.2) is 42.5 Å². The number of benzene rings is 2. The van der Waals surface area contributed by atoms with Crippen molar-refractivity contribution >= 4 is 11.6 Å². The van der Waals surface area contributed by atoms with E-state index in [0.29, 0.717) is 17.2 Å². The smallest absolute Gasteiger partial charge is 0.130 e. The topological polar surface area (TPSA) is 29.5 Å². The van der Waals surface area contributed by atoms with Crippen molar-refractivity contribution in [3.63, 3.8) is 0 Å². The van der Waals surface area contributed by atoms with Crippen molar-refractivity contribution in [3.8, 4) is 5.75 Å². The summed E-state index contributed by atoms with van der Waals surface area (Å²) in [5.41, 5.74) is 0.818. The van der Waals surface area contributed by atoms with E-state index in [1.165, 1.54) is 12.1 Å². The summed E-state index contributed by atoms with van der Waals surface area (Å²) in [6, 6.07) is 11.3. The summed E-state index contributed by atoms with van der Waals surface area (Å²) in [6.45, 7) is 2.77. The molecule has 0 radical (unpaired) electrons. The lowest BCUT2D eigenvalue weighted by atomic mass is 10.0. The van der Waals surface area contributed by atoms with Gasteiger partial charge in [-0.25, -0.2) is 4.39 Å². The minimum atomic E-state index is -1.02. The van der Waals surface area contributed by atoms with E-state index in [-0.39, 0.29) is 5.56 Å². The molecule has 2 rings (SSSR count). The third-order valence-electron chi connectivity index (χ3n) is 3.22. The molecule has 0 amide bonds. The number of aliphatic hydroxyl groups is 1. The fraction of sp³-hybridized carbons (Fsp3) is 0.294. The van der Waals surface area contributed by atoms with Crippen molar-refractivity contribution in [1.29, 1.82) is 0 Å². The van der Waals surface area contributed by atoms with Gasteiger partial charge in [-0.3, -0.25) is 0 Å². The van der Waals surface area contributed by atoms with Gasteiger partial charge in [0.2, 0.25) is 0 Å². The van der Waals surface area contributed by atoms with Crippen LogP contribution in [0, 0.1) is 5.82 Å². The number of rotatable bonds is 6. The van der Waals surface area contributed by atoms with E-state index in [1.54, 1.807) is 30.3 Å². The van der Waals surface area contributed by atoms with Gasteiger partial charge in [0.05, 0.1) is 6.61 Å². The van der Waals surface area contributed by atoms with E-state index in [9.17, 15) is 9.50 Å². The Balaban J connectivity index is 2.10. The molecule has 0 bridgehead atoms. The number of hydrogen-bond donors (Lipinski definition) is 1. The molecule has 1 unspecified atom stereocenters. The first-order valence-electron chi connectivity index (χ1n) is 6.97. The maximum absolute atomic E-state index is 13.8. The lowest BCUT2D eigenvalue weighted by molar-refractivity contribution is 0.214. The Morgan fingerprint density at radius 3 is 2.52 bits per heavy atom. The molecular weight excluding hydrogens is 291 g/mol. The Bertz CT molecular complexity index is 584. The molecule has 0 aliphatic carbocycles. The Morgan fingerprint density at radius 2 is 1.90 bits per heavy atom. The van der Waals surface area contributed by atoms with E-state index in [1.807, 2.05) is 0 Å². The van der Waals surface area contributed by atoms with Crippen LogP contribution in [0.3, 0.4) is 0 Å². The van der Waals surface area contributed by atoms with Gasteiger partial charge in [-0.05, 0) is 36.2 Å². The third kappa shape index (κ3) is 4.19. The Kier molecular flexibility index (Phi) is 5.59. The van der Waals surface area contributed by atoms with Gasteiger partial charge in [-0.15, -0.1) is 0 Å². The van der Waals surface area contributed by atoms with Crippen LogP contribution in [0.1, 0.15) is 37.0 Å². The van der Waals surface area contributed by atoms with Crippen molar-refractivity contribution in [2.45, 2.75) is 25.9 Å². The van der Waals surface area contributed by atoms with Gasteiger partial charge in [0, 0.05) is 10.6 Å². The Hall–Kier alpha value is -1.58. The van der Waals surface area contributed by atoms with Crippen molar-refractivity contribution in [3.05, 3.63) is 64.4 Å². The van der Waals surface area contributed by atoms with Crippen LogP contribution < -0.4 is 4.74 Å². The highest BCUT2D eigenvalue weighted by Crippen LogP contribution is 2.27. The highest BCUT2D eigenvalue weighted by molar-refractivity contribution is 6.30. The van der Waals surface area contributed by atoms with Crippen molar-refractivity contribution in [1.82, 2.24) is 0 Å². The van der Waals surface area contributed by atoms with E-state index in [4.69, 9.17) is 16.3 Å². The predicted octanol–water partition coefficient (Wildman–Crippen LogP) is 4.74. The molecule has 2 aromatic rings. The summed E-state index contributed by atoms with van der Waals surface area (Å²) >= 11 is 5.71. The lowest BCUT2D eigenvalue weighted by Gasteiger charge is -2.13. The molecule has 112 valence electrons. The highest BCUT2D eigenvalue weighted by Gasteiger charge is 2.15. The molecule has 2 nitrogen and oxygen atoms in total. The second-order valence-corrected chi connectivity index (χ2v) is 5.28. The molecule has 4 heteroatoms. The van der Waals surface area contributed by atoms with Crippen LogP contribution in [-0.2, 0) is 0 Å². The van der Waals surface area contributed by atoms with E-state index >= 15 is 0 Å². The molecule has 1 N–H and O–H groups in total. The Labute approximate surface area is 129 Å². The average Bonchev–Trinajstić information content (AvgIpc) is 2.48. The normalized spacial score (nSPS) is 12.2. The van der Waals surface area contributed by atoms with Crippen LogP contribution in [-0.4, -0.2) is 11.7 Å². The maximum atomic E-state index is 13.8. The summed E-state index contributed by atoms with van der Waals surface area (Å²) in [6.07, 6.45) is 1.06. The zero-order chi connectivity index (χ0) is 15.2. The predicted molar refractivity (Wildman–Crippen MR) is 82.3 cm³/mol.